The van der Waals surface area contributed by atoms with Crippen molar-refractivity contribution in [2.24, 2.45) is 12.0 Å². The van der Waals surface area contributed by atoms with Crippen LogP contribution in [0, 0.1) is 11.6 Å². The van der Waals surface area contributed by atoms with E-state index in [0.717, 1.165) is 30.7 Å². The number of guanidine groups is 1. The molecule has 0 saturated carbocycles. The highest BCUT2D eigenvalue weighted by Crippen LogP contribution is 2.21. The molecule has 27 heavy (non-hydrogen) atoms. The number of aliphatic imine (C=N–C) groups is 1. The van der Waals surface area contributed by atoms with Crippen molar-refractivity contribution in [2.45, 2.75) is 19.4 Å². The Kier molecular flexibility index (Phi) is 6.39. The van der Waals surface area contributed by atoms with Gasteiger partial charge in [0, 0.05) is 44.5 Å². The van der Waals surface area contributed by atoms with E-state index in [0.29, 0.717) is 31.7 Å². The quantitative estimate of drug-likeness (QED) is 0.642. The molecule has 1 saturated heterocycles. The second-order valence-electron chi connectivity index (χ2n) is 6.47. The van der Waals surface area contributed by atoms with Crippen molar-refractivity contribution in [1.29, 1.82) is 0 Å². The zero-order chi connectivity index (χ0) is 19.2. The average molecular weight is 377 g/mol. The summed E-state index contributed by atoms with van der Waals surface area (Å²) < 4.78 is 34.4. The van der Waals surface area contributed by atoms with E-state index in [1.165, 1.54) is 12.1 Å². The lowest BCUT2D eigenvalue weighted by atomic mass is 10.1. The van der Waals surface area contributed by atoms with Crippen molar-refractivity contribution < 1.29 is 13.5 Å². The molecule has 6 nitrogen and oxygen atoms in total. The monoisotopic (exact) mass is 377 g/mol. The molecule has 8 heteroatoms. The molecule has 1 aromatic heterocycles. The van der Waals surface area contributed by atoms with Crippen LogP contribution in [-0.4, -0.2) is 53.4 Å². The lowest BCUT2D eigenvalue weighted by Gasteiger charge is -2.34. The number of hydrogen-bond acceptors (Lipinski definition) is 3. The summed E-state index contributed by atoms with van der Waals surface area (Å²) in [6, 6.07) is 3.65. The van der Waals surface area contributed by atoms with Gasteiger partial charge in [-0.05, 0) is 25.0 Å². The third-order valence-electron chi connectivity index (χ3n) is 4.46. The number of rotatable bonds is 5. The van der Waals surface area contributed by atoms with E-state index in [2.05, 4.69) is 20.3 Å². The number of aromatic nitrogens is 2. The molecule has 1 aromatic carbocycles. The van der Waals surface area contributed by atoms with Gasteiger partial charge < -0.3 is 15.0 Å². The van der Waals surface area contributed by atoms with Gasteiger partial charge in [0.15, 0.2) is 5.96 Å². The molecule has 1 fully saturated rings. The summed E-state index contributed by atoms with van der Waals surface area (Å²) in [5.41, 5.74) is 1.50. The maximum atomic E-state index is 13.8. The van der Waals surface area contributed by atoms with Gasteiger partial charge >= 0.3 is 0 Å². The second kappa shape index (κ2) is 8.94. The fourth-order valence-electron chi connectivity index (χ4n) is 3.08. The van der Waals surface area contributed by atoms with Gasteiger partial charge in [-0.15, -0.1) is 0 Å². The van der Waals surface area contributed by atoms with Crippen molar-refractivity contribution in [1.82, 2.24) is 20.0 Å². The van der Waals surface area contributed by atoms with Crippen LogP contribution in [0.3, 0.4) is 0 Å². The van der Waals surface area contributed by atoms with Crippen molar-refractivity contribution >= 4 is 5.96 Å². The van der Waals surface area contributed by atoms with Gasteiger partial charge in [0.1, 0.15) is 17.7 Å². The summed E-state index contributed by atoms with van der Waals surface area (Å²) >= 11 is 0. The lowest BCUT2D eigenvalue weighted by molar-refractivity contribution is -0.00803. The molecule has 1 atom stereocenters. The van der Waals surface area contributed by atoms with Crippen molar-refractivity contribution in [3.8, 4) is 0 Å². The van der Waals surface area contributed by atoms with E-state index >= 15 is 0 Å². The first-order valence-corrected chi connectivity index (χ1v) is 9.14. The molecule has 2 aromatic rings. The highest BCUT2D eigenvalue weighted by molar-refractivity contribution is 5.80. The number of morpholine rings is 1. The van der Waals surface area contributed by atoms with Crippen LogP contribution in [0.25, 0.3) is 0 Å². The molecule has 146 valence electrons. The molecule has 0 bridgehead atoms. The van der Waals surface area contributed by atoms with E-state index in [-0.39, 0.29) is 6.10 Å². The highest BCUT2D eigenvalue weighted by atomic mass is 19.1. The minimum atomic E-state index is -0.567. The molecular weight excluding hydrogens is 352 g/mol. The Bertz CT molecular complexity index is 792. The van der Waals surface area contributed by atoms with Crippen LogP contribution in [0.5, 0.6) is 0 Å². The first-order chi connectivity index (χ1) is 13.1. The molecule has 3 rings (SSSR count). The highest BCUT2D eigenvalue weighted by Gasteiger charge is 2.25. The number of nitrogens with one attached hydrogen (secondary N) is 1. The Balaban J connectivity index is 1.65. The molecule has 1 aliphatic rings. The molecule has 1 N–H and O–H groups in total. The second-order valence-corrected chi connectivity index (χ2v) is 6.47. The SMILES string of the molecule is CCNC(=NCCc1ccc(F)cc1F)N1CCOC(c2cnn(C)c2)C1. The molecule has 2 heterocycles. The van der Waals surface area contributed by atoms with Crippen LogP contribution in [0.15, 0.2) is 35.6 Å². The van der Waals surface area contributed by atoms with Crippen LogP contribution in [0.4, 0.5) is 8.78 Å². The summed E-state index contributed by atoms with van der Waals surface area (Å²) in [7, 11) is 1.88. The number of nitrogens with zero attached hydrogens (tertiary/aromatic N) is 4. The Morgan fingerprint density at radius 2 is 2.26 bits per heavy atom. The van der Waals surface area contributed by atoms with Gasteiger partial charge in [0.05, 0.1) is 19.3 Å². The largest absolute Gasteiger partial charge is 0.370 e. The van der Waals surface area contributed by atoms with Crippen molar-refractivity contribution in [2.75, 3.05) is 32.8 Å². The molecule has 1 unspecified atom stereocenters. The Labute approximate surface area is 157 Å². The molecule has 0 aliphatic carbocycles. The van der Waals surface area contributed by atoms with Crippen LogP contribution in [0.2, 0.25) is 0 Å². The maximum absolute atomic E-state index is 13.8. The standard InChI is InChI=1S/C19H25F2N5O/c1-3-22-19(23-7-6-14-4-5-16(20)10-17(14)21)26-8-9-27-18(13-26)15-11-24-25(2)12-15/h4-5,10-12,18H,3,6-9,13H2,1-2H3,(H,22,23). The lowest BCUT2D eigenvalue weighted by Crippen LogP contribution is -2.48. The molecule has 0 amide bonds. The zero-order valence-electron chi connectivity index (χ0n) is 15.7. The summed E-state index contributed by atoms with van der Waals surface area (Å²) in [5.74, 6) is -0.321. The van der Waals surface area contributed by atoms with Gasteiger partial charge in [-0.2, -0.15) is 5.10 Å². The minimum absolute atomic E-state index is 0.0640. The van der Waals surface area contributed by atoms with E-state index in [4.69, 9.17) is 4.74 Å². The van der Waals surface area contributed by atoms with E-state index in [9.17, 15) is 8.78 Å². The third-order valence-corrected chi connectivity index (χ3v) is 4.46. The van der Waals surface area contributed by atoms with Gasteiger partial charge in [0.25, 0.3) is 0 Å². The van der Waals surface area contributed by atoms with E-state index in [1.54, 1.807) is 4.68 Å². The van der Waals surface area contributed by atoms with Crippen molar-refractivity contribution in [3.63, 3.8) is 0 Å². The Hall–Kier alpha value is -2.48. The number of aryl methyl sites for hydroxylation is 1. The van der Waals surface area contributed by atoms with Gasteiger partial charge in [-0.3, -0.25) is 9.67 Å². The summed E-state index contributed by atoms with van der Waals surface area (Å²) in [5, 5.41) is 7.49. The fraction of sp³-hybridized carbons (Fsp3) is 0.474. The van der Waals surface area contributed by atoms with E-state index in [1.807, 2.05) is 26.4 Å². The average Bonchev–Trinajstić information content (AvgIpc) is 3.09. The van der Waals surface area contributed by atoms with E-state index < -0.39 is 11.6 Å². The Morgan fingerprint density at radius 3 is 2.96 bits per heavy atom. The molecular formula is C19H25F2N5O. The smallest absolute Gasteiger partial charge is 0.194 e. The van der Waals surface area contributed by atoms with Crippen LogP contribution in [0.1, 0.15) is 24.2 Å². The number of hydrogen-bond donors (Lipinski definition) is 1. The first kappa shape index (κ1) is 19.3. The minimum Gasteiger partial charge on any atom is -0.370 e. The molecule has 0 radical (unpaired) electrons. The third kappa shape index (κ3) is 5.03. The molecule has 0 spiro atoms. The van der Waals surface area contributed by atoms with Gasteiger partial charge in [0.2, 0.25) is 0 Å². The predicted octanol–water partition coefficient (Wildman–Crippen LogP) is 2.28. The van der Waals surface area contributed by atoms with Crippen LogP contribution >= 0.6 is 0 Å². The van der Waals surface area contributed by atoms with Crippen LogP contribution < -0.4 is 5.32 Å². The zero-order valence-corrected chi connectivity index (χ0v) is 15.7. The Morgan fingerprint density at radius 1 is 1.41 bits per heavy atom. The molecule has 1 aliphatic heterocycles. The summed E-state index contributed by atoms with van der Waals surface area (Å²) in [6.07, 6.45) is 4.12. The fourth-order valence-corrected chi connectivity index (χ4v) is 3.08. The predicted molar refractivity (Wildman–Crippen MR) is 99.5 cm³/mol. The first-order valence-electron chi connectivity index (χ1n) is 9.14. The number of ether oxygens (including phenoxy) is 1. The number of benzene rings is 1. The van der Waals surface area contributed by atoms with Crippen LogP contribution in [-0.2, 0) is 18.2 Å². The maximum Gasteiger partial charge on any atom is 0.194 e. The topological polar surface area (TPSA) is 54.7 Å². The van der Waals surface area contributed by atoms with Gasteiger partial charge in [-0.1, -0.05) is 6.07 Å². The summed E-state index contributed by atoms with van der Waals surface area (Å²) in [4.78, 5) is 6.77. The van der Waals surface area contributed by atoms with Gasteiger partial charge in [-0.25, -0.2) is 8.78 Å². The van der Waals surface area contributed by atoms with Crippen molar-refractivity contribution in [3.05, 3.63) is 53.4 Å². The normalized spacial score (nSPS) is 18.0. The number of halogens is 2. The summed E-state index contributed by atoms with van der Waals surface area (Å²) in [6.45, 7) is 5.15.